The molecule has 240 valence electrons. The zero-order valence-corrected chi connectivity index (χ0v) is 28.0. The fourth-order valence-corrected chi connectivity index (χ4v) is 6.89. The number of rotatable bonds is 6. The summed E-state index contributed by atoms with van der Waals surface area (Å²) in [6, 6.07) is 59.5. The molecule has 0 fully saturated rings. The van der Waals surface area contributed by atoms with Gasteiger partial charge in [-0.3, -0.25) is 4.98 Å². The summed E-state index contributed by atoms with van der Waals surface area (Å²) in [6.07, 6.45) is 1.87. The van der Waals surface area contributed by atoms with E-state index < -0.39 is 0 Å². The number of aryl methyl sites for hydroxylation is 1. The maximum Gasteiger partial charge on any atom is 0.164 e. The highest BCUT2D eigenvalue weighted by molar-refractivity contribution is 6.14. The number of nitrogens with zero attached hydrogens (tertiary/aromatic N) is 4. The summed E-state index contributed by atoms with van der Waals surface area (Å²) in [7, 11) is 0. The Kier molecular flexibility index (Phi) is 7.67. The molecule has 9 aromatic rings. The monoisotopic (exact) mass is 652 g/mol. The maximum absolute atomic E-state index is 5.12. The topological polar surface area (TPSA) is 51.6 Å². The van der Waals surface area contributed by atoms with E-state index in [1.54, 1.807) is 0 Å². The average molecular weight is 653 g/mol. The molecule has 0 saturated carbocycles. The van der Waals surface area contributed by atoms with E-state index in [2.05, 4.69) is 114 Å². The molecular weight excluding hydrogens is 621 g/mol. The molecular formula is C47H32N4. The molecule has 2 heterocycles. The minimum Gasteiger partial charge on any atom is -0.262 e. The van der Waals surface area contributed by atoms with Crippen molar-refractivity contribution in [2.75, 3.05) is 0 Å². The number of aromatic nitrogens is 4. The van der Waals surface area contributed by atoms with E-state index in [1.807, 2.05) is 73.8 Å². The quantitative estimate of drug-likeness (QED) is 0.168. The lowest BCUT2D eigenvalue weighted by molar-refractivity contribution is 1.07. The number of fused-ring (bicyclic) bond motifs is 3. The molecule has 2 aromatic heterocycles. The summed E-state index contributed by atoms with van der Waals surface area (Å²) >= 11 is 0. The summed E-state index contributed by atoms with van der Waals surface area (Å²) in [6.45, 7) is 2.02. The summed E-state index contributed by atoms with van der Waals surface area (Å²) in [4.78, 5) is 19.6. The fraction of sp³-hybridized carbons (Fsp3) is 0.0213. The molecule has 0 N–H and O–H groups in total. The van der Waals surface area contributed by atoms with Crippen molar-refractivity contribution in [2.24, 2.45) is 0 Å². The molecule has 0 aliphatic heterocycles. The second kappa shape index (κ2) is 12.9. The van der Waals surface area contributed by atoms with Crippen molar-refractivity contribution in [2.45, 2.75) is 6.92 Å². The first-order valence-electron chi connectivity index (χ1n) is 17.1. The molecule has 0 unspecified atom stereocenters. The maximum atomic E-state index is 5.12. The first kappa shape index (κ1) is 30.3. The minimum absolute atomic E-state index is 0.625. The molecule has 0 aliphatic rings. The van der Waals surface area contributed by atoms with E-state index in [4.69, 9.17) is 15.0 Å². The lowest BCUT2D eigenvalue weighted by Gasteiger charge is -2.15. The van der Waals surface area contributed by atoms with Crippen LogP contribution in [0.1, 0.15) is 5.69 Å². The third-order valence-electron chi connectivity index (χ3n) is 9.42. The summed E-state index contributed by atoms with van der Waals surface area (Å²) in [5.74, 6) is 1.90. The highest BCUT2D eigenvalue weighted by Gasteiger charge is 2.16. The Labute approximate surface area is 296 Å². The van der Waals surface area contributed by atoms with Gasteiger partial charge < -0.3 is 0 Å². The Bertz CT molecular complexity index is 2630. The highest BCUT2D eigenvalue weighted by Crippen LogP contribution is 2.39. The summed E-state index contributed by atoms with van der Waals surface area (Å²) < 4.78 is 0. The Morgan fingerprint density at radius 3 is 1.49 bits per heavy atom. The van der Waals surface area contributed by atoms with Crippen LogP contribution >= 0.6 is 0 Å². The molecule has 7 aromatic carbocycles. The Morgan fingerprint density at radius 2 is 0.843 bits per heavy atom. The van der Waals surface area contributed by atoms with Gasteiger partial charge in [-0.1, -0.05) is 133 Å². The van der Waals surface area contributed by atoms with Crippen LogP contribution in [0, 0.1) is 6.92 Å². The first-order valence-corrected chi connectivity index (χ1v) is 17.1. The van der Waals surface area contributed by atoms with Crippen LogP contribution in [0.25, 0.3) is 89.1 Å². The zero-order chi connectivity index (χ0) is 34.1. The van der Waals surface area contributed by atoms with Crippen molar-refractivity contribution in [1.29, 1.82) is 0 Å². The van der Waals surface area contributed by atoms with Gasteiger partial charge in [0, 0.05) is 28.6 Å². The van der Waals surface area contributed by atoms with E-state index in [0.29, 0.717) is 17.5 Å². The van der Waals surface area contributed by atoms with Crippen molar-refractivity contribution in [3.8, 4) is 67.5 Å². The lowest BCUT2D eigenvalue weighted by atomic mass is 9.90. The van der Waals surface area contributed by atoms with Gasteiger partial charge in [0.25, 0.3) is 0 Å². The average Bonchev–Trinajstić information content (AvgIpc) is 3.21. The standard InChI is InChI=1S/C47H32N4/c1-31-26-36(24-25-48-31)32-20-22-33(23-21-32)38-27-39(44-30-37-16-8-9-17-41(37)42-18-10-11-19-43(42)44)29-40(28-38)47-50-45(34-12-4-2-5-13-34)49-46(51-47)35-14-6-3-7-15-35/h2-30H,1H3. The van der Waals surface area contributed by atoms with Crippen molar-refractivity contribution in [3.05, 3.63) is 182 Å². The van der Waals surface area contributed by atoms with Crippen molar-refractivity contribution in [3.63, 3.8) is 0 Å². The molecule has 0 spiro atoms. The second-order valence-electron chi connectivity index (χ2n) is 12.8. The van der Waals surface area contributed by atoms with Gasteiger partial charge in [0.15, 0.2) is 17.5 Å². The van der Waals surface area contributed by atoms with Crippen LogP contribution < -0.4 is 0 Å². The van der Waals surface area contributed by atoms with Crippen molar-refractivity contribution < 1.29 is 0 Å². The van der Waals surface area contributed by atoms with Gasteiger partial charge in [0.2, 0.25) is 0 Å². The van der Waals surface area contributed by atoms with Gasteiger partial charge in [0.1, 0.15) is 0 Å². The molecule has 0 bridgehead atoms. The van der Waals surface area contributed by atoms with Crippen molar-refractivity contribution >= 4 is 21.5 Å². The fourth-order valence-electron chi connectivity index (χ4n) is 6.89. The summed E-state index contributed by atoms with van der Waals surface area (Å²) in [5.41, 5.74) is 10.6. The zero-order valence-electron chi connectivity index (χ0n) is 28.0. The minimum atomic E-state index is 0.625. The van der Waals surface area contributed by atoms with Crippen LogP contribution in [0.15, 0.2) is 176 Å². The SMILES string of the molecule is Cc1cc(-c2ccc(-c3cc(-c4nc(-c5ccccc5)nc(-c5ccccc5)n4)cc(-c4cc5ccccc5c5ccccc45)c3)cc2)ccn1. The smallest absolute Gasteiger partial charge is 0.164 e. The second-order valence-corrected chi connectivity index (χ2v) is 12.8. The molecule has 4 heteroatoms. The molecule has 9 rings (SSSR count). The van der Waals surface area contributed by atoms with Gasteiger partial charge in [-0.05, 0) is 98.2 Å². The Morgan fingerprint density at radius 1 is 0.333 bits per heavy atom. The molecule has 0 aliphatic carbocycles. The van der Waals surface area contributed by atoms with E-state index in [9.17, 15) is 0 Å². The van der Waals surface area contributed by atoms with Gasteiger partial charge in [0.05, 0.1) is 0 Å². The summed E-state index contributed by atoms with van der Waals surface area (Å²) in [5, 5.41) is 4.88. The number of hydrogen-bond acceptors (Lipinski definition) is 4. The van der Waals surface area contributed by atoms with E-state index in [0.717, 1.165) is 55.8 Å². The number of benzene rings is 7. The van der Waals surface area contributed by atoms with Crippen LogP contribution in [0.4, 0.5) is 0 Å². The van der Waals surface area contributed by atoms with Crippen LogP contribution in [-0.2, 0) is 0 Å². The molecule has 0 radical (unpaired) electrons. The van der Waals surface area contributed by atoms with Crippen molar-refractivity contribution in [1.82, 2.24) is 19.9 Å². The predicted molar refractivity (Wildman–Crippen MR) is 210 cm³/mol. The molecule has 0 amide bonds. The molecule has 4 nitrogen and oxygen atoms in total. The highest BCUT2D eigenvalue weighted by atomic mass is 15.0. The van der Waals surface area contributed by atoms with E-state index in [1.165, 1.54) is 21.5 Å². The number of pyridine rings is 1. The normalized spacial score (nSPS) is 11.2. The molecule has 0 atom stereocenters. The van der Waals surface area contributed by atoms with Crippen LogP contribution in [0.3, 0.4) is 0 Å². The largest absolute Gasteiger partial charge is 0.262 e. The van der Waals surface area contributed by atoms with E-state index >= 15 is 0 Å². The molecule has 51 heavy (non-hydrogen) atoms. The van der Waals surface area contributed by atoms with Gasteiger partial charge in [-0.15, -0.1) is 0 Å². The van der Waals surface area contributed by atoms with Crippen LogP contribution in [0.5, 0.6) is 0 Å². The first-order chi connectivity index (χ1) is 25.2. The lowest BCUT2D eigenvalue weighted by Crippen LogP contribution is -2.00. The van der Waals surface area contributed by atoms with Gasteiger partial charge in [-0.2, -0.15) is 0 Å². The van der Waals surface area contributed by atoms with Gasteiger partial charge >= 0.3 is 0 Å². The van der Waals surface area contributed by atoms with E-state index in [-0.39, 0.29) is 0 Å². The third kappa shape index (κ3) is 5.94. The Hall–Kier alpha value is -6.78. The molecule has 0 saturated heterocycles. The van der Waals surface area contributed by atoms with Gasteiger partial charge in [-0.25, -0.2) is 15.0 Å². The Balaban J connectivity index is 1.28. The third-order valence-corrected chi connectivity index (χ3v) is 9.42. The number of hydrogen-bond donors (Lipinski definition) is 0. The van der Waals surface area contributed by atoms with Crippen LogP contribution in [-0.4, -0.2) is 19.9 Å². The predicted octanol–water partition coefficient (Wildman–Crippen LogP) is 11.9. The van der Waals surface area contributed by atoms with Crippen LogP contribution in [0.2, 0.25) is 0 Å².